The third-order valence-corrected chi connectivity index (χ3v) is 9.60. The number of phenols is 2. The average molecular weight is 675 g/mol. The lowest BCUT2D eigenvalue weighted by molar-refractivity contribution is 0.474. The standard InChI is InChI=1S/C48H38N2O2/c51-47-31-19-39(20-32-47)37-15-27-45(28-16-37)49(41-7-3-1-4-8-41)43-23-11-35(12-24-43)36-13-25-44(26-14-36)50(42-9-5-2-6-10-42)46-29-17-38(18-30-46)40-21-33-48(52)34-22-40/h1-17,19-34,38,51-52H,18H2. The van der Waals surface area contributed by atoms with Gasteiger partial charge in [-0.3, -0.25) is 0 Å². The van der Waals surface area contributed by atoms with Crippen molar-refractivity contribution < 1.29 is 10.2 Å². The van der Waals surface area contributed by atoms with E-state index in [0.717, 1.165) is 62.8 Å². The molecule has 2 N–H and O–H groups in total. The van der Waals surface area contributed by atoms with E-state index < -0.39 is 0 Å². The van der Waals surface area contributed by atoms with Crippen LogP contribution in [0.5, 0.6) is 11.5 Å². The molecule has 0 radical (unpaired) electrons. The van der Waals surface area contributed by atoms with Gasteiger partial charge in [0.15, 0.2) is 0 Å². The highest BCUT2D eigenvalue weighted by Crippen LogP contribution is 2.39. The van der Waals surface area contributed by atoms with Crippen molar-refractivity contribution in [1.29, 1.82) is 0 Å². The molecule has 0 spiro atoms. The Kier molecular flexibility index (Phi) is 9.10. The first-order valence-electron chi connectivity index (χ1n) is 17.6. The second-order valence-corrected chi connectivity index (χ2v) is 13.0. The maximum absolute atomic E-state index is 9.73. The van der Waals surface area contributed by atoms with Gasteiger partial charge in [0.1, 0.15) is 11.5 Å². The molecule has 7 aromatic carbocycles. The van der Waals surface area contributed by atoms with Crippen molar-refractivity contribution in [2.45, 2.75) is 12.3 Å². The normalized spacial score (nSPS) is 13.7. The maximum atomic E-state index is 9.73. The number of aromatic hydroxyl groups is 2. The topological polar surface area (TPSA) is 46.9 Å². The lowest BCUT2D eigenvalue weighted by atomic mass is 9.91. The molecule has 0 fully saturated rings. The number of benzene rings is 7. The highest BCUT2D eigenvalue weighted by molar-refractivity contribution is 5.80. The van der Waals surface area contributed by atoms with Gasteiger partial charge in [-0.15, -0.1) is 0 Å². The summed E-state index contributed by atoms with van der Waals surface area (Å²) in [5, 5.41) is 19.5. The van der Waals surface area contributed by atoms with E-state index in [4.69, 9.17) is 0 Å². The zero-order valence-corrected chi connectivity index (χ0v) is 28.6. The molecule has 0 amide bonds. The summed E-state index contributed by atoms with van der Waals surface area (Å²) < 4.78 is 0. The predicted octanol–water partition coefficient (Wildman–Crippen LogP) is 12.7. The molecule has 0 bridgehead atoms. The molecule has 0 saturated carbocycles. The van der Waals surface area contributed by atoms with Gasteiger partial charge in [-0.25, -0.2) is 0 Å². The Balaban J connectivity index is 1.05. The van der Waals surface area contributed by atoms with Crippen molar-refractivity contribution in [3.05, 3.63) is 211 Å². The summed E-state index contributed by atoms with van der Waals surface area (Å²) in [7, 11) is 0. The van der Waals surface area contributed by atoms with Crippen LogP contribution in [-0.2, 0) is 0 Å². The minimum absolute atomic E-state index is 0.264. The van der Waals surface area contributed by atoms with Crippen LogP contribution in [-0.4, -0.2) is 10.2 Å². The van der Waals surface area contributed by atoms with Gasteiger partial charge < -0.3 is 20.0 Å². The lowest BCUT2D eigenvalue weighted by Gasteiger charge is -2.29. The predicted molar refractivity (Wildman–Crippen MR) is 215 cm³/mol. The molecule has 7 aromatic rings. The Morgan fingerprint density at radius 2 is 0.750 bits per heavy atom. The smallest absolute Gasteiger partial charge is 0.115 e. The first kappa shape index (κ1) is 32.4. The maximum Gasteiger partial charge on any atom is 0.115 e. The Morgan fingerprint density at radius 3 is 1.17 bits per heavy atom. The number of nitrogens with zero attached hydrogens (tertiary/aromatic N) is 2. The fraction of sp³-hybridized carbons (Fsp3) is 0.0417. The average Bonchev–Trinajstić information content (AvgIpc) is 3.21. The van der Waals surface area contributed by atoms with Gasteiger partial charge in [-0.2, -0.15) is 0 Å². The molecular weight excluding hydrogens is 637 g/mol. The number of phenolic OH excluding ortho intramolecular Hbond substituents is 2. The van der Waals surface area contributed by atoms with Crippen molar-refractivity contribution in [3.8, 4) is 33.8 Å². The van der Waals surface area contributed by atoms with Crippen molar-refractivity contribution in [2.24, 2.45) is 0 Å². The van der Waals surface area contributed by atoms with Crippen LogP contribution in [0, 0.1) is 0 Å². The highest BCUT2D eigenvalue weighted by atomic mass is 16.3. The SMILES string of the molecule is Oc1ccc(-c2ccc(N(c3ccccc3)c3ccc(-c4ccc(N(C5=CCC(c6ccc(O)cc6)C=C5)c5ccccc5)cc4)cc3)cc2)cc1. The number of hydrogen-bond acceptors (Lipinski definition) is 4. The Morgan fingerprint density at radius 1 is 0.385 bits per heavy atom. The van der Waals surface area contributed by atoms with Gasteiger partial charge in [-0.05, 0) is 125 Å². The van der Waals surface area contributed by atoms with E-state index in [1.165, 1.54) is 5.56 Å². The zero-order valence-electron chi connectivity index (χ0n) is 28.6. The van der Waals surface area contributed by atoms with Gasteiger partial charge in [0.25, 0.3) is 0 Å². The molecule has 4 nitrogen and oxygen atoms in total. The third kappa shape index (κ3) is 6.96. The second kappa shape index (κ2) is 14.6. The fourth-order valence-corrected chi connectivity index (χ4v) is 6.85. The van der Waals surface area contributed by atoms with Crippen LogP contribution in [0.4, 0.5) is 28.4 Å². The lowest BCUT2D eigenvalue weighted by Crippen LogP contribution is -2.17. The van der Waals surface area contributed by atoms with Gasteiger partial charge in [0.2, 0.25) is 0 Å². The van der Waals surface area contributed by atoms with Gasteiger partial charge in [0.05, 0.1) is 0 Å². The van der Waals surface area contributed by atoms with Crippen LogP contribution in [0.1, 0.15) is 17.9 Å². The number of rotatable bonds is 9. The summed E-state index contributed by atoms with van der Waals surface area (Å²) in [6, 6.07) is 61.8. The van der Waals surface area contributed by atoms with Crippen LogP contribution >= 0.6 is 0 Å². The number of allylic oxidation sites excluding steroid dienone is 3. The molecule has 0 heterocycles. The van der Waals surface area contributed by atoms with Crippen molar-refractivity contribution >= 4 is 28.4 Å². The number of hydrogen-bond donors (Lipinski definition) is 2. The van der Waals surface area contributed by atoms with Crippen LogP contribution in [0.15, 0.2) is 206 Å². The Hall–Kier alpha value is -6.78. The van der Waals surface area contributed by atoms with Gasteiger partial charge in [-0.1, -0.05) is 109 Å². The monoisotopic (exact) mass is 674 g/mol. The van der Waals surface area contributed by atoms with E-state index in [9.17, 15) is 10.2 Å². The summed E-state index contributed by atoms with van der Waals surface area (Å²) >= 11 is 0. The van der Waals surface area contributed by atoms with E-state index in [1.54, 1.807) is 24.3 Å². The molecule has 4 heteroatoms. The molecular formula is C48H38N2O2. The summed E-state index contributed by atoms with van der Waals surface area (Å²) in [4.78, 5) is 4.57. The van der Waals surface area contributed by atoms with E-state index in [-0.39, 0.29) is 17.4 Å². The number of anilines is 5. The van der Waals surface area contributed by atoms with Gasteiger partial charge in [0, 0.05) is 40.1 Å². The molecule has 0 aromatic heterocycles. The molecule has 0 aliphatic heterocycles. The molecule has 8 rings (SSSR count). The van der Waals surface area contributed by atoms with Crippen LogP contribution < -0.4 is 9.80 Å². The molecule has 252 valence electrons. The number of para-hydroxylation sites is 2. The van der Waals surface area contributed by atoms with Crippen molar-refractivity contribution in [1.82, 2.24) is 0 Å². The molecule has 1 aliphatic rings. The zero-order chi connectivity index (χ0) is 35.3. The summed E-state index contributed by atoms with van der Waals surface area (Å²) in [5.41, 5.74) is 12.2. The Labute approximate surface area is 305 Å². The summed E-state index contributed by atoms with van der Waals surface area (Å²) in [5.74, 6) is 0.827. The fourth-order valence-electron chi connectivity index (χ4n) is 6.85. The van der Waals surface area contributed by atoms with Crippen LogP contribution in [0.3, 0.4) is 0 Å². The molecule has 1 atom stereocenters. The molecule has 1 aliphatic carbocycles. The molecule has 0 saturated heterocycles. The van der Waals surface area contributed by atoms with E-state index in [1.807, 2.05) is 36.4 Å². The van der Waals surface area contributed by atoms with Crippen molar-refractivity contribution in [3.63, 3.8) is 0 Å². The van der Waals surface area contributed by atoms with Gasteiger partial charge >= 0.3 is 0 Å². The first-order chi connectivity index (χ1) is 25.6. The molecule has 52 heavy (non-hydrogen) atoms. The largest absolute Gasteiger partial charge is 0.508 e. The summed E-state index contributed by atoms with van der Waals surface area (Å²) in [6.07, 6.45) is 7.65. The summed E-state index contributed by atoms with van der Waals surface area (Å²) in [6.45, 7) is 0. The molecule has 1 unspecified atom stereocenters. The second-order valence-electron chi connectivity index (χ2n) is 13.0. The van der Waals surface area contributed by atoms with E-state index in [0.29, 0.717) is 0 Å². The van der Waals surface area contributed by atoms with Crippen LogP contribution in [0.25, 0.3) is 22.3 Å². The van der Waals surface area contributed by atoms with Crippen LogP contribution in [0.2, 0.25) is 0 Å². The van der Waals surface area contributed by atoms with Crippen molar-refractivity contribution in [2.75, 3.05) is 9.80 Å². The minimum atomic E-state index is 0.264. The third-order valence-electron chi connectivity index (χ3n) is 9.60. The Bertz CT molecular complexity index is 2300. The highest BCUT2D eigenvalue weighted by Gasteiger charge is 2.19. The van der Waals surface area contributed by atoms with E-state index in [2.05, 4.69) is 149 Å². The first-order valence-corrected chi connectivity index (χ1v) is 17.6. The van der Waals surface area contributed by atoms with E-state index >= 15 is 0 Å². The minimum Gasteiger partial charge on any atom is -0.508 e. The quantitative estimate of drug-likeness (QED) is 0.160.